The molecule has 0 spiro atoms. The third-order valence-corrected chi connectivity index (χ3v) is 4.69. The molecule has 1 N–H and O–H groups in total. The molecule has 0 amide bonds. The third kappa shape index (κ3) is 10.8. The first-order valence-electron chi connectivity index (χ1n) is 9.63. The van der Waals surface area contributed by atoms with E-state index in [9.17, 15) is 9.90 Å². The normalized spacial score (nSPS) is 10.3. The molecule has 5 nitrogen and oxygen atoms in total. The second kappa shape index (κ2) is 17.9. The van der Waals surface area contributed by atoms with Gasteiger partial charge in [0.2, 0.25) is 0 Å². The second-order valence-corrected chi connectivity index (χ2v) is 7.37. The van der Waals surface area contributed by atoms with Gasteiger partial charge in [0.25, 0.3) is 0 Å². The Morgan fingerprint density at radius 3 is 2.00 bits per heavy atom. The predicted molar refractivity (Wildman–Crippen MR) is 137 cm³/mol. The molecule has 0 atom stereocenters. The molecule has 178 valence electrons. The first-order valence-corrected chi connectivity index (χ1v) is 11.2. The Hall–Kier alpha value is -1.63. The zero-order valence-electron chi connectivity index (χ0n) is 18.1. The molecular weight excluding hydrogens is 496 g/mol. The molecule has 0 aromatic heterocycles. The van der Waals surface area contributed by atoms with Gasteiger partial charge in [-0.05, 0) is 11.6 Å². The maximum absolute atomic E-state index is 12.3. The lowest BCUT2D eigenvalue weighted by Crippen LogP contribution is -2.29. The molecule has 0 radical (unpaired) electrons. The van der Waals surface area contributed by atoms with Gasteiger partial charge in [-0.15, -0.1) is 47.2 Å². The number of hydrogen-bond acceptors (Lipinski definition) is 5. The van der Waals surface area contributed by atoms with E-state index < -0.39 is 0 Å². The highest BCUT2D eigenvalue weighted by atomic mass is 35.5. The topological polar surface area (TPSA) is 59.0 Å². The minimum atomic E-state index is -0.337. The summed E-state index contributed by atoms with van der Waals surface area (Å²) in [5.74, 6) is 2.13. The minimum absolute atomic E-state index is 0. The summed E-state index contributed by atoms with van der Waals surface area (Å²) in [7, 11) is 2.91. The van der Waals surface area contributed by atoms with Crippen molar-refractivity contribution in [2.75, 3.05) is 51.5 Å². The van der Waals surface area contributed by atoms with E-state index in [1.54, 1.807) is 12.1 Å². The summed E-state index contributed by atoms with van der Waals surface area (Å²) >= 11 is 16.6. The molecule has 0 aliphatic carbocycles. The zero-order chi connectivity index (χ0) is 23.1. The Morgan fingerprint density at radius 1 is 0.969 bits per heavy atom. The first kappa shape index (κ1) is 30.4. The fourth-order valence-electron chi connectivity index (χ4n) is 2.62. The van der Waals surface area contributed by atoms with Crippen molar-refractivity contribution in [3.8, 4) is 17.2 Å². The molecule has 0 fully saturated rings. The number of phenols is 1. The van der Waals surface area contributed by atoms with Crippen molar-refractivity contribution in [1.82, 2.24) is 4.90 Å². The van der Waals surface area contributed by atoms with E-state index in [1.807, 2.05) is 30.3 Å². The Balaban J connectivity index is 0.000000747. The number of nitrogens with zero attached hydrogens (tertiary/aromatic N) is 1. The van der Waals surface area contributed by atoms with Gasteiger partial charge in [-0.25, -0.2) is 0 Å². The van der Waals surface area contributed by atoms with Crippen molar-refractivity contribution in [2.45, 2.75) is 0 Å². The monoisotopic (exact) mass is 523 g/mol. The average Bonchev–Trinajstić information content (AvgIpc) is 2.78. The molecule has 2 rings (SSSR count). The van der Waals surface area contributed by atoms with Crippen LogP contribution in [0.1, 0.15) is 15.9 Å². The Labute approximate surface area is 211 Å². The van der Waals surface area contributed by atoms with Crippen LogP contribution in [0.15, 0.2) is 48.5 Å². The number of alkyl halides is 3. The van der Waals surface area contributed by atoms with Crippen molar-refractivity contribution < 1.29 is 19.4 Å². The van der Waals surface area contributed by atoms with Crippen LogP contribution in [0.2, 0.25) is 0 Å². The summed E-state index contributed by atoms with van der Waals surface area (Å²) < 4.78 is 10.2. The number of benzene rings is 2. The van der Waals surface area contributed by atoms with Crippen LogP contribution in [0, 0.1) is 0 Å². The van der Waals surface area contributed by atoms with E-state index >= 15 is 0 Å². The van der Waals surface area contributed by atoms with Crippen molar-refractivity contribution >= 4 is 59.1 Å². The lowest BCUT2D eigenvalue weighted by Gasteiger charge is -2.17. The highest BCUT2D eigenvalue weighted by Crippen LogP contribution is 2.33. The highest BCUT2D eigenvalue weighted by Gasteiger charge is 2.17. The van der Waals surface area contributed by atoms with Gasteiger partial charge >= 0.3 is 0 Å². The van der Waals surface area contributed by atoms with Gasteiger partial charge in [-0.3, -0.25) is 9.69 Å². The molecule has 0 saturated carbocycles. The molecule has 0 bridgehead atoms. The Bertz CT molecular complexity index is 805. The van der Waals surface area contributed by atoms with Crippen molar-refractivity contribution in [3.05, 3.63) is 59.7 Å². The number of hydrogen-bond donors (Lipinski definition) is 1. The van der Waals surface area contributed by atoms with Crippen LogP contribution in [-0.2, 0) is 0 Å². The maximum atomic E-state index is 12.3. The fourth-order valence-corrected chi connectivity index (χ4v) is 3.33. The molecule has 9 heteroatoms. The highest BCUT2D eigenvalue weighted by molar-refractivity contribution is 6.18. The lowest BCUT2D eigenvalue weighted by molar-refractivity contribution is 0.104. The van der Waals surface area contributed by atoms with Gasteiger partial charge in [0.05, 0.1) is 14.2 Å². The van der Waals surface area contributed by atoms with Crippen LogP contribution in [0.4, 0.5) is 0 Å². The minimum Gasteiger partial charge on any atom is -0.507 e. The molecular formula is C23H29Cl4NO4. The first-order chi connectivity index (χ1) is 15.0. The van der Waals surface area contributed by atoms with Crippen LogP contribution in [0.3, 0.4) is 0 Å². The van der Waals surface area contributed by atoms with Crippen molar-refractivity contribution in [3.63, 3.8) is 0 Å². The Morgan fingerprint density at radius 2 is 1.53 bits per heavy atom. The van der Waals surface area contributed by atoms with E-state index in [4.69, 9.17) is 44.3 Å². The molecule has 0 heterocycles. The van der Waals surface area contributed by atoms with Crippen LogP contribution in [0.25, 0.3) is 6.08 Å². The quantitative estimate of drug-likeness (QED) is 0.231. The smallest absolute Gasteiger partial charge is 0.193 e. The van der Waals surface area contributed by atoms with Gasteiger partial charge in [0.15, 0.2) is 5.78 Å². The van der Waals surface area contributed by atoms with E-state index in [2.05, 4.69) is 4.90 Å². The largest absolute Gasteiger partial charge is 0.507 e. The van der Waals surface area contributed by atoms with Crippen molar-refractivity contribution in [2.24, 2.45) is 0 Å². The summed E-state index contributed by atoms with van der Waals surface area (Å²) in [4.78, 5) is 14.4. The standard InChI is InChI=1S/C17H16O4.C6H12Cl3N.ClH/c1-20-13-10-15(19)17(16(11-13)21-2)14(18)9-8-12-6-4-3-5-7-12;7-1-4-10(5-2-8)6-3-9;/h3-11,19H,1-2H3;1-6H2;1H. The van der Waals surface area contributed by atoms with E-state index in [1.165, 1.54) is 26.4 Å². The molecule has 2 aromatic carbocycles. The Kier molecular flexibility index (Phi) is 17.0. The molecule has 0 unspecified atom stereocenters. The van der Waals surface area contributed by atoms with E-state index in [0.717, 1.165) is 25.2 Å². The van der Waals surface area contributed by atoms with Gasteiger partial charge in [-0.1, -0.05) is 36.4 Å². The van der Waals surface area contributed by atoms with Crippen LogP contribution < -0.4 is 9.47 Å². The second-order valence-electron chi connectivity index (χ2n) is 6.24. The predicted octanol–water partition coefficient (Wildman–Crippen LogP) is 5.73. The number of phenolic OH excluding ortho intramolecular Hbond substituents is 1. The molecule has 0 saturated heterocycles. The summed E-state index contributed by atoms with van der Waals surface area (Å²) in [6.45, 7) is 2.63. The summed E-state index contributed by atoms with van der Waals surface area (Å²) in [5.41, 5.74) is 1.02. The number of halogens is 4. The lowest BCUT2D eigenvalue weighted by atomic mass is 10.1. The summed E-state index contributed by atoms with van der Waals surface area (Å²) in [6, 6.07) is 12.4. The van der Waals surface area contributed by atoms with Crippen LogP contribution >= 0.6 is 47.2 Å². The van der Waals surface area contributed by atoms with Crippen molar-refractivity contribution in [1.29, 1.82) is 0 Å². The number of allylic oxidation sites excluding steroid dienone is 1. The molecule has 2 aromatic rings. The number of aromatic hydroxyl groups is 1. The summed E-state index contributed by atoms with van der Waals surface area (Å²) in [6.07, 6.45) is 3.09. The average molecular weight is 525 g/mol. The van der Waals surface area contributed by atoms with E-state index in [-0.39, 0.29) is 35.3 Å². The molecule has 0 aliphatic rings. The van der Waals surface area contributed by atoms with E-state index in [0.29, 0.717) is 23.4 Å². The number of ketones is 1. The number of ether oxygens (including phenoxy) is 2. The molecule has 32 heavy (non-hydrogen) atoms. The van der Waals surface area contributed by atoms with Crippen LogP contribution in [-0.4, -0.2) is 67.3 Å². The molecule has 0 aliphatic heterocycles. The summed E-state index contributed by atoms with van der Waals surface area (Å²) in [5, 5.41) is 9.99. The van der Waals surface area contributed by atoms with Gasteiger partial charge in [-0.2, -0.15) is 0 Å². The number of carbonyl (C=O) groups excluding carboxylic acids is 1. The number of rotatable bonds is 11. The number of methoxy groups -OCH3 is 2. The third-order valence-electron chi connectivity index (χ3n) is 4.19. The maximum Gasteiger partial charge on any atom is 0.193 e. The van der Waals surface area contributed by atoms with Gasteiger partial charge in [0, 0.05) is 49.4 Å². The zero-order valence-corrected chi connectivity index (χ0v) is 21.2. The fraction of sp³-hybridized carbons (Fsp3) is 0.348. The number of carbonyl (C=O) groups is 1. The van der Waals surface area contributed by atoms with Crippen LogP contribution in [0.5, 0.6) is 17.2 Å². The van der Waals surface area contributed by atoms with Gasteiger partial charge < -0.3 is 14.6 Å². The van der Waals surface area contributed by atoms with Gasteiger partial charge in [0.1, 0.15) is 22.8 Å². The SMILES string of the molecule is COc1cc(O)c(C(=O)C=Cc2ccccc2)c(OC)c1.Cl.ClCCN(CCCl)CCCl.